The van der Waals surface area contributed by atoms with Crippen molar-refractivity contribution in [1.82, 2.24) is 9.97 Å². The van der Waals surface area contributed by atoms with Crippen molar-refractivity contribution in [1.29, 1.82) is 0 Å². The Morgan fingerprint density at radius 1 is 1.32 bits per heavy atom. The Morgan fingerprint density at radius 3 is 2.89 bits per heavy atom. The van der Waals surface area contributed by atoms with Crippen molar-refractivity contribution in [2.45, 2.75) is 6.92 Å². The standard InChI is InChI=1S/C14H11ClFN3/c1-7-3-2-4-9(12(7)16)14-18-11-6-8(15)5-10(17)13(11)19-14/h2-6H,17H2,1H3,(H,18,19). The molecule has 0 aliphatic heterocycles. The van der Waals surface area contributed by atoms with Crippen molar-refractivity contribution < 1.29 is 4.39 Å². The van der Waals surface area contributed by atoms with Crippen LogP contribution in [0.1, 0.15) is 5.56 Å². The highest BCUT2D eigenvalue weighted by molar-refractivity contribution is 6.31. The van der Waals surface area contributed by atoms with Gasteiger partial charge in [0, 0.05) is 5.02 Å². The van der Waals surface area contributed by atoms with Crippen LogP contribution in [0.4, 0.5) is 10.1 Å². The Hall–Kier alpha value is -2.07. The Bertz CT molecular complexity index is 780. The fourth-order valence-corrected chi connectivity index (χ4v) is 2.29. The van der Waals surface area contributed by atoms with Gasteiger partial charge in [-0.2, -0.15) is 0 Å². The summed E-state index contributed by atoms with van der Waals surface area (Å²) in [4.78, 5) is 7.39. The van der Waals surface area contributed by atoms with E-state index in [2.05, 4.69) is 9.97 Å². The molecule has 3 rings (SSSR count). The highest BCUT2D eigenvalue weighted by atomic mass is 35.5. The van der Waals surface area contributed by atoms with Crippen LogP contribution >= 0.6 is 11.6 Å². The monoisotopic (exact) mass is 275 g/mol. The first kappa shape index (κ1) is 12.0. The maximum absolute atomic E-state index is 14.1. The lowest BCUT2D eigenvalue weighted by atomic mass is 10.1. The number of anilines is 1. The van der Waals surface area contributed by atoms with Gasteiger partial charge in [0.25, 0.3) is 0 Å². The van der Waals surface area contributed by atoms with Crippen LogP contribution in [0.15, 0.2) is 30.3 Å². The lowest BCUT2D eigenvalue weighted by molar-refractivity contribution is 0.621. The van der Waals surface area contributed by atoms with E-state index in [1.807, 2.05) is 0 Å². The molecular formula is C14H11ClFN3. The molecule has 0 bridgehead atoms. The Labute approximate surface area is 114 Å². The van der Waals surface area contributed by atoms with Gasteiger partial charge < -0.3 is 10.7 Å². The number of hydrogen-bond donors (Lipinski definition) is 2. The predicted octanol–water partition coefficient (Wildman–Crippen LogP) is 3.91. The van der Waals surface area contributed by atoms with Crippen LogP contribution < -0.4 is 5.73 Å². The van der Waals surface area contributed by atoms with E-state index in [0.717, 1.165) is 0 Å². The summed E-state index contributed by atoms with van der Waals surface area (Å²) in [5.41, 5.74) is 8.61. The Kier molecular flexibility index (Phi) is 2.68. The van der Waals surface area contributed by atoms with Gasteiger partial charge in [0.1, 0.15) is 17.2 Å². The van der Waals surface area contributed by atoms with Gasteiger partial charge >= 0.3 is 0 Å². The average Bonchev–Trinajstić information content (AvgIpc) is 2.76. The number of nitrogens with one attached hydrogen (secondary N) is 1. The van der Waals surface area contributed by atoms with Gasteiger partial charge in [-0.1, -0.05) is 23.7 Å². The summed E-state index contributed by atoms with van der Waals surface area (Å²) in [7, 11) is 0. The quantitative estimate of drug-likeness (QED) is 0.662. The lowest BCUT2D eigenvalue weighted by Crippen LogP contribution is -1.89. The molecular weight excluding hydrogens is 265 g/mol. The van der Waals surface area contributed by atoms with Crippen molar-refractivity contribution in [3.05, 3.63) is 46.7 Å². The molecule has 5 heteroatoms. The highest BCUT2D eigenvalue weighted by Crippen LogP contribution is 2.29. The largest absolute Gasteiger partial charge is 0.397 e. The fourth-order valence-electron chi connectivity index (χ4n) is 2.07. The molecule has 0 aliphatic rings. The summed E-state index contributed by atoms with van der Waals surface area (Å²) in [6.45, 7) is 1.71. The Balaban J connectivity index is 2.26. The van der Waals surface area contributed by atoms with Crippen LogP contribution in [0, 0.1) is 12.7 Å². The molecule has 0 atom stereocenters. The molecule has 2 aromatic carbocycles. The smallest absolute Gasteiger partial charge is 0.141 e. The summed E-state index contributed by atoms with van der Waals surface area (Å²) < 4.78 is 14.1. The number of imidazole rings is 1. The van der Waals surface area contributed by atoms with Crippen molar-refractivity contribution in [3.63, 3.8) is 0 Å². The zero-order valence-corrected chi connectivity index (χ0v) is 10.9. The van der Waals surface area contributed by atoms with Gasteiger partial charge in [0.15, 0.2) is 0 Å². The van der Waals surface area contributed by atoms with Gasteiger partial charge in [0.05, 0.1) is 16.8 Å². The van der Waals surface area contributed by atoms with E-state index < -0.39 is 0 Å². The molecule has 1 heterocycles. The molecule has 19 heavy (non-hydrogen) atoms. The number of fused-ring (bicyclic) bond motifs is 1. The van der Waals surface area contributed by atoms with Gasteiger partial charge in [-0.25, -0.2) is 9.37 Å². The molecule has 0 saturated heterocycles. The number of benzene rings is 2. The van der Waals surface area contributed by atoms with Crippen LogP contribution in [0.3, 0.4) is 0 Å². The van der Waals surface area contributed by atoms with Crippen LogP contribution in [0.5, 0.6) is 0 Å². The van der Waals surface area contributed by atoms with Gasteiger partial charge in [0.2, 0.25) is 0 Å². The number of nitrogen functional groups attached to an aromatic ring is 1. The third-order valence-corrected chi connectivity index (χ3v) is 3.25. The number of aryl methyl sites for hydroxylation is 1. The molecule has 1 aromatic heterocycles. The lowest BCUT2D eigenvalue weighted by Gasteiger charge is -2.01. The third-order valence-electron chi connectivity index (χ3n) is 3.03. The van der Waals surface area contributed by atoms with E-state index in [0.29, 0.717) is 38.7 Å². The molecule has 0 amide bonds. The topological polar surface area (TPSA) is 54.7 Å². The molecule has 3 nitrogen and oxygen atoms in total. The van der Waals surface area contributed by atoms with Crippen LogP contribution in [-0.2, 0) is 0 Å². The molecule has 0 spiro atoms. The average molecular weight is 276 g/mol. The first-order valence-corrected chi connectivity index (χ1v) is 6.14. The number of aromatic nitrogens is 2. The van der Waals surface area contributed by atoms with Gasteiger partial charge in [-0.05, 0) is 30.7 Å². The summed E-state index contributed by atoms with van der Waals surface area (Å²) in [5, 5.41) is 0.518. The SMILES string of the molecule is Cc1cccc(-c2nc3c(N)cc(Cl)cc3[nH]2)c1F. The normalized spacial score (nSPS) is 11.1. The molecule has 0 aliphatic carbocycles. The number of aromatic amines is 1. The van der Waals surface area contributed by atoms with E-state index >= 15 is 0 Å². The zero-order chi connectivity index (χ0) is 13.6. The van der Waals surface area contributed by atoms with E-state index in [-0.39, 0.29) is 5.82 Å². The van der Waals surface area contributed by atoms with Crippen molar-refractivity contribution in [3.8, 4) is 11.4 Å². The Morgan fingerprint density at radius 2 is 2.11 bits per heavy atom. The minimum absolute atomic E-state index is 0.286. The predicted molar refractivity (Wildman–Crippen MR) is 75.6 cm³/mol. The third kappa shape index (κ3) is 1.94. The molecule has 3 aromatic rings. The highest BCUT2D eigenvalue weighted by Gasteiger charge is 2.13. The van der Waals surface area contributed by atoms with E-state index in [4.69, 9.17) is 17.3 Å². The summed E-state index contributed by atoms with van der Waals surface area (Å²) in [6, 6.07) is 8.53. The van der Waals surface area contributed by atoms with Crippen molar-refractivity contribution in [2.75, 3.05) is 5.73 Å². The second kappa shape index (κ2) is 4.24. The second-order valence-corrected chi connectivity index (χ2v) is 4.85. The van der Waals surface area contributed by atoms with E-state index in [1.165, 1.54) is 0 Å². The molecule has 96 valence electrons. The number of H-pyrrole nitrogens is 1. The molecule has 0 radical (unpaired) electrons. The van der Waals surface area contributed by atoms with Crippen molar-refractivity contribution >= 4 is 28.3 Å². The first-order valence-electron chi connectivity index (χ1n) is 5.76. The van der Waals surface area contributed by atoms with Crippen molar-refractivity contribution in [2.24, 2.45) is 0 Å². The summed E-state index contributed by atoms with van der Waals surface area (Å²) >= 11 is 5.93. The number of halogens is 2. The van der Waals surface area contributed by atoms with E-state index in [1.54, 1.807) is 37.3 Å². The zero-order valence-electron chi connectivity index (χ0n) is 10.2. The second-order valence-electron chi connectivity index (χ2n) is 4.41. The van der Waals surface area contributed by atoms with Crippen LogP contribution in [0.25, 0.3) is 22.4 Å². The minimum Gasteiger partial charge on any atom is -0.397 e. The molecule has 3 N–H and O–H groups in total. The van der Waals surface area contributed by atoms with Crippen LogP contribution in [0.2, 0.25) is 5.02 Å². The summed E-state index contributed by atoms with van der Waals surface area (Å²) in [5.74, 6) is 0.163. The van der Waals surface area contributed by atoms with Crippen LogP contribution in [-0.4, -0.2) is 9.97 Å². The fraction of sp³-hybridized carbons (Fsp3) is 0.0714. The number of nitrogens with two attached hydrogens (primary N) is 1. The molecule has 0 unspecified atom stereocenters. The first-order chi connectivity index (χ1) is 9.06. The summed E-state index contributed by atoms with van der Waals surface area (Å²) in [6.07, 6.45) is 0. The maximum atomic E-state index is 14.1. The maximum Gasteiger partial charge on any atom is 0.141 e. The number of hydrogen-bond acceptors (Lipinski definition) is 2. The molecule has 0 fully saturated rings. The number of rotatable bonds is 1. The van der Waals surface area contributed by atoms with Gasteiger partial charge in [-0.3, -0.25) is 0 Å². The van der Waals surface area contributed by atoms with E-state index in [9.17, 15) is 4.39 Å². The molecule has 0 saturated carbocycles. The minimum atomic E-state index is -0.286. The van der Waals surface area contributed by atoms with Gasteiger partial charge in [-0.15, -0.1) is 0 Å². The number of nitrogens with zero attached hydrogens (tertiary/aromatic N) is 1.